The first-order valence-corrected chi connectivity index (χ1v) is 4.99. The first-order chi connectivity index (χ1) is 7.66. The molecule has 0 aliphatic carbocycles. The molecule has 0 aliphatic heterocycles. The molecule has 1 aromatic heterocycles. The number of nitrogens with one attached hydrogen (secondary N) is 1. The summed E-state index contributed by atoms with van der Waals surface area (Å²) < 4.78 is 0. The highest BCUT2D eigenvalue weighted by molar-refractivity contribution is 6.00. The Balaban J connectivity index is 2.20. The third-order valence-corrected chi connectivity index (χ3v) is 2.40. The predicted octanol–water partition coefficient (Wildman–Crippen LogP) is 2.22. The molecule has 16 heavy (non-hydrogen) atoms. The van der Waals surface area contributed by atoms with Crippen molar-refractivity contribution in [2.45, 2.75) is 12.8 Å². The average Bonchev–Trinajstić information content (AvgIpc) is 2.69. The van der Waals surface area contributed by atoms with Crippen molar-refractivity contribution in [3.05, 3.63) is 36.0 Å². The van der Waals surface area contributed by atoms with Crippen molar-refractivity contribution in [1.29, 1.82) is 0 Å². The Bertz CT molecular complexity index is 509. The number of carbonyl (C=O) groups excluding carboxylic acids is 1. The van der Waals surface area contributed by atoms with Gasteiger partial charge in [-0.2, -0.15) is 0 Å². The molecule has 2 rings (SSSR count). The Morgan fingerprint density at radius 2 is 1.94 bits per heavy atom. The largest absolute Gasteiger partial charge is 0.481 e. The Kier molecular flexibility index (Phi) is 2.72. The van der Waals surface area contributed by atoms with Gasteiger partial charge in [-0.25, -0.2) is 0 Å². The first kappa shape index (κ1) is 10.4. The number of rotatable bonds is 4. The van der Waals surface area contributed by atoms with Gasteiger partial charge in [0.2, 0.25) is 0 Å². The normalized spacial score (nSPS) is 10.5. The summed E-state index contributed by atoms with van der Waals surface area (Å²) in [5.41, 5.74) is 1.36. The maximum atomic E-state index is 11.6. The second-order valence-corrected chi connectivity index (χ2v) is 3.59. The number of H-pyrrole nitrogens is 1. The van der Waals surface area contributed by atoms with Crippen molar-refractivity contribution in [2.75, 3.05) is 0 Å². The van der Waals surface area contributed by atoms with Gasteiger partial charge in [0, 0.05) is 17.3 Å². The van der Waals surface area contributed by atoms with Crippen LogP contribution in [0.1, 0.15) is 23.3 Å². The maximum absolute atomic E-state index is 11.6. The monoisotopic (exact) mass is 217 g/mol. The van der Waals surface area contributed by atoms with Crippen molar-refractivity contribution in [2.24, 2.45) is 0 Å². The molecule has 0 spiro atoms. The van der Waals surface area contributed by atoms with Gasteiger partial charge in [-0.05, 0) is 12.1 Å². The molecule has 1 heterocycles. The minimum atomic E-state index is -0.954. The van der Waals surface area contributed by atoms with Gasteiger partial charge >= 0.3 is 5.97 Å². The van der Waals surface area contributed by atoms with Crippen LogP contribution in [0.5, 0.6) is 0 Å². The van der Waals surface area contributed by atoms with Crippen LogP contribution in [0.4, 0.5) is 0 Å². The number of Topliss-reactive ketones (excluding diaryl/α,β-unsaturated/α-hetero) is 1. The van der Waals surface area contributed by atoms with Crippen LogP contribution in [0, 0.1) is 0 Å². The number of carboxylic acid groups (broad SMARTS) is 1. The maximum Gasteiger partial charge on any atom is 0.303 e. The summed E-state index contributed by atoms with van der Waals surface area (Å²) in [5, 5.41) is 9.45. The van der Waals surface area contributed by atoms with E-state index in [9.17, 15) is 9.59 Å². The summed E-state index contributed by atoms with van der Waals surface area (Å²) in [5.74, 6) is -1.12. The number of hydrogen-bond donors (Lipinski definition) is 2. The molecule has 0 bridgehead atoms. The van der Waals surface area contributed by atoms with Crippen LogP contribution in [-0.2, 0) is 4.79 Å². The molecule has 0 saturated carbocycles. The van der Waals surface area contributed by atoms with Crippen LogP contribution in [0.3, 0.4) is 0 Å². The Hall–Kier alpha value is -2.10. The molecule has 82 valence electrons. The zero-order valence-corrected chi connectivity index (χ0v) is 8.56. The van der Waals surface area contributed by atoms with Gasteiger partial charge in [0.25, 0.3) is 0 Å². The van der Waals surface area contributed by atoms with Gasteiger partial charge in [-0.3, -0.25) is 9.59 Å². The van der Waals surface area contributed by atoms with Gasteiger partial charge in [0.1, 0.15) is 0 Å². The van der Waals surface area contributed by atoms with Crippen molar-refractivity contribution in [1.82, 2.24) is 4.98 Å². The van der Waals surface area contributed by atoms with Crippen LogP contribution < -0.4 is 0 Å². The van der Waals surface area contributed by atoms with E-state index in [2.05, 4.69) is 4.98 Å². The fraction of sp³-hybridized carbons (Fsp3) is 0.167. The van der Waals surface area contributed by atoms with E-state index >= 15 is 0 Å². The number of carboxylic acids is 1. The van der Waals surface area contributed by atoms with E-state index in [0.29, 0.717) is 5.69 Å². The lowest BCUT2D eigenvalue weighted by Gasteiger charge is -1.94. The lowest BCUT2D eigenvalue weighted by molar-refractivity contribution is -0.136. The molecule has 2 N–H and O–H groups in total. The number of fused-ring (bicyclic) bond motifs is 1. The van der Waals surface area contributed by atoms with Crippen molar-refractivity contribution in [3.8, 4) is 0 Å². The van der Waals surface area contributed by atoms with Crippen LogP contribution in [0.15, 0.2) is 30.3 Å². The number of benzene rings is 1. The van der Waals surface area contributed by atoms with Crippen molar-refractivity contribution < 1.29 is 14.7 Å². The highest BCUT2D eigenvalue weighted by Crippen LogP contribution is 2.16. The van der Waals surface area contributed by atoms with Crippen LogP contribution in [0.25, 0.3) is 10.9 Å². The molecule has 0 unspecified atom stereocenters. The molecule has 0 saturated heterocycles. The van der Waals surface area contributed by atoms with E-state index in [4.69, 9.17) is 5.11 Å². The summed E-state index contributed by atoms with van der Waals surface area (Å²) in [6.45, 7) is 0. The highest BCUT2D eigenvalue weighted by atomic mass is 16.4. The number of para-hydroxylation sites is 1. The molecular formula is C12H11NO3. The number of aromatic amines is 1. The molecule has 4 heteroatoms. The van der Waals surface area contributed by atoms with E-state index in [0.717, 1.165) is 10.9 Å². The van der Waals surface area contributed by atoms with Gasteiger partial charge in [-0.1, -0.05) is 18.2 Å². The van der Waals surface area contributed by atoms with Gasteiger partial charge in [-0.15, -0.1) is 0 Å². The number of hydrogen-bond acceptors (Lipinski definition) is 2. The zero-order chi connectivity index (χ0) is 11.5. The van der Waals surface area contributed by atoms with E-state index in [1.807, 2.05) is 24.3 Å². The molecule has 0 aliphatic rings. The molecule has 4 nitrogen and oxygen atoms in total. The standard InChI is InChI=1S/C12H11NO3/c14-11(5-6-12(15)16)10-7-8-3-1-2-4-9(8)13-10/h1-4,7,13H,5-6H2,(H,15,16). The zero-order valence-electron chi connectivity index (χ0n) is 8.56. The van der Waals surface area contributed by atoms with E-state index in [1.165, 1.54) is 0 Å². The molecule has 2 aromatic rings. The Labute approximate surface area is 91.9 Å². The minimum absolute atomic E-state index is 0.0299. The third-order valence-electron chi connectivity index (χ3n) is 2.40. The average molecular weight is 217 g/mol. The lowest BCUT2D eigenvalue weighted by atomic mass is 10.1. The Morgan fingerprint density at radius 3 is 2.62 bits per heavy atom. The number of aromatic nitrogens is 1. The van der Waals surface area contributed by atoms with E-state index in [-0.39, 0.29) is 18.6 Å². The predicted molar refractivity (Wildman–Crippen MR) is 59.5 cm³/mol. The smallest absolute Gasteiger partial charge is 0.303 e. The number of ketones is 1. The van der Waals surface area contributed by atoms with Gasteiger partial charge in [0.15, 0.2) is 5.78 Å². The SMILES string of the molecule is O=C(O)CCC(=O)c1cc2ccccc2[nH]1. The van der Waals surface area contributed by atoms with E-state index < -0.39 is 5.97 Å². The second-order valence-electron chi connectivity index (χ2n) is 3.59. The van der Waals surface area contributed by atoms with E-state index in [1.54, 1.807) is 6.07 Å². The summed E-state index contributed by atoms with van der Waals surface area (Å²) in [6, 6.07) is 9.30. The highest BCUT2D eigenvalue weighted by Gasteiger charge is 2.10. The minimum Gasteiger partial charge on any atom is -0.481 e. The first-order valence-electron chi connectivity index (χ1n) is 4.99. The van der Waals surface area contributed by atoms with Crippen molar-refractivity contribution >= 4 is 22.7 Å². The fourth-order valence-corrected chi connectivity index (χ4v) is 1.58. The van der Waals surface area contributed by atoms with Crippen LogP contribution >= 0.6 is 0 Å². The fourth-order valence-electron chi connectivity index (χ4n) is 1.58. The second kappa shape index (κ2) is 4.18. The third kappa shape index (κ3) is 2.11. The van der Waals surface area contributed by atoms with Crippen molar-refractivity contribution in [3.63, 3.8) is 0 Å². The number of carbonyl (C=O) groups is 2. The molecular weight excluding hydrogens is 206 g/mol. The topological polar surface area (TPSA) is 70.2 Å². The molecule has 0 fully saturated rings. The molecule has 0 amide bonds. The molecule has 0 atom stereocenters. The Morgan fingerprint density at radius 1 is 1.19 bits per heavy atom. The molecule has 1 aromatic carbocycles. The quantitative estimate of drug-likeness (QED) is 0.771. The van der Waals surface area contributed by atoms with Gasteiger partial charge < -0.3 is 10.1 Å². The van der Waals surface area contributed by atoms with Crippen LogP contribution in [-0.4, -0.2) is 21.8 Å². The number of aliphatic carboxylic acids is 1. The van der Waals surface area contributed by atoms with Gasteiger partial charge in [0.05, 0.1) is 12.1 Å². The summed E-state index contributed by atoms with van der Waals surface area (Å²) >= 11 is 0. The summed E-state index contributed by atoms with van der Waals surface area (Å²) in [6.07, 6.45) is -0.101. The van der Waals surface area contributed by atoms with Crippen LogP contribution in [0.2, 0.25) is 0 Å². The molecule has 0 radical (unpaired) electrons. The lowest BCUT2D eigenvalue weighted by Crippen LogP contribution is -2.03. The summed E-state index contributed by atoms with van der Waals surface area (Å²) in [4.78, 5) is 24.9. The summed E-state index contributed by atoms with van der Waals surface area (Å²) in [7, 11) is 0.